The molecule has 0 bridgehead atoms. The summed E-state index contributed by atoms with van der Waals surface area (Å²) in [5.41, 5.74) is 0.947. The molecule has 0 aromatic carbocycles. The Bertz CT molecular complexity index is 286. The molecular formula is C15H29O4Si. The van der Waals surface area contributed by atoms with Crippen molar-refractivity contribution in [1.29, 1.82) is 0 Å². The Morgan fingerprint density at radius 1 is 1.20 bits per heavy atom. The van der Waals surface area contributed by atoms with Gasteiger partial charge in [0.05, 0.1) is 6.61 Å². The first-order chi connectivity index (χ1) is 9.42. The highest BCUT2D eigenvalue weighted by Gasteiger charge is 2.21. The third-order valence-corrected chi connectivity index (χ3v) is 5.20. The Morgan fingerprint density at radius 2 is 1.75 bits per heavy atom. The highest BCUT2D eigenvalue weighted by Crippen LogP contribution is 2.24. The van der Waals surface area contributed by atoms with Gasteiger partial charge in [0.15, 0.2) is 6.29 Å². The Balaban J connectivity index is 4.27. The fraction of sp³-hybridized carbons (Fsp3) is 0.800. The Labute approximate surface area is 125 Å². The predicted octanol–water partition coefficient (Wildman–Crippen LogP) is 3.41. The molecule has 5 heteroatoms. The van der Waals surface area contributed by atoms with Gasteiger partial charge in [0.25, 0.3) is 0 Å². The fourth-order valence-electron chi connectivity index (χ4n) is 1.85. The fourth-order valence-corrected chi connectivity index (χ4v) is 3.21. The van der Waals surface area contributed by atoms with Gasteiger partial charge in [-0.05, 0) is 39.2 Å². The molecule has 0 fully saturated rings. The summed E-state index contributed by atoms with van der Waals surface area (Å²) in [5, 5.41) is 0. The third-order valence-electron chi connectivity index (χ3n) is 3.05. The molecule has 0 saturated heterocycles. The summed E-state index contributed by atoms with van der Waals surface area (Å²) in [6, 6.07) is 0. The van der Waals surface area contributed by atoms with Crippen LogP contribution in [0.2, 0.25) is 18.6 Å². The molecule has 1 unspecified atom stereocenters. The Morgan fingerprint density at radius 3 is 2.15 bits per heavy atom. The average Bonchev–Trinajstić information content (AvgIpc) is 2.37. The zero-order chi connectivity index (χ0) is 15.5. The van der Waals surface area contributed by atoms with E-state index in [0.29, 0.717) is 30.9 Å². The summed E-state index contributed by atoms with van der Waals surface area (Å²) in [5.74, 6) is -0.309. The summed E-state index contributed by atoms with van der Waals surface area (Å²) in [7, 11) is -0.495. The number of esters is 1. The normalized spacial score (nSPS) is 12.8. The number of rotatable bonds is 11. The second-order valence-corrected chi connectivity index (χ2v) is 8.03. The van der Waals surface area contributed by atoms with Gasteiger partial charge in [0.1, 0.15) is 0 Å². The van der Waals surface area contributed by atoms with Crippen LogP contribution in [0.25, 0.3) is 0 Å². The minimum absolute atomic E-state index is 0.147. The molecule has 1 atom stereocenters. The molecule has 20 heavy (non-hydrogen) atoms. The van der Waals surface area contributed by atoms with Crippen LogP contribution in [0.15, 0.2) is 12.2 Å². The van der Waals surface area contributed by atoms with E-state index in [2.05, 4.69) is 19.7 Å². The van der Waals surface area contributed by atoms with Crippen LogP contribution in [0.3, 0.4) is 0 Å². The van der Waals surface area contributed by atoms with Crippen molar-refractivity contribution in [1.82, 2.24) is 0 Å². The van der Waals surface area contributed by atoms with Gasteiger partial charge in [-0.1, -0.05) is 19.7 Å². The van der Waals surface area contributed by atoms with Gasteiger partial charge in [0.2, 0.25) is 0 Å². The van der Waals surface area contributed by atoms with E-state index in [1.807, 2.05) is 13.8 Å². The van der Waals surface area contributed by atoms with E-state index in [0.717, 1.165) is 12.8 Å². The molecular weight excluding hydrogens is 272 g/mol. The van der Waals surface area contributed by atoms with Crippen LogP contribution >= 0.6 is 0 Å². The van der Waals surface area contributed by atoms with Gasteiger partial charge in [-0.3, -0.25) is 0 Å². The largest absolute Gasteiger partial charge is 0.462 e. The van der Waals surface area contributed by atoms with Gasteiger partial charge < -0.3 is 14.2 Å². The SMILES string of the molecule is C=C(C)C(=O)OCCC(CC(OCC)OCC)[Si](C)C. The summed E-state index contributed by atoms with van der Waals surface area (Å²) in [6.45, 7) is 15.5. The van der Waals surface area contributed by atoms with Crippen LogP contribution < -0.4 is 0 Å². The second kappa shape index (κ2) is 11.1. The lowest BCUT2D eigenvalue weighted by atomic mass is 10.2. The molecule has 0 aromatic heterocycles. The van der Waals surface area contributed by atoms with Crippen LogP contribution in [0.1, 0.15) is 33.6 Å². The number of carbonyl (C=O) groups excluding carboxylic acids is 1. The average molecular weight is 301 g/mol. The molecule has 0 amide bonds. The van der Waals surface area contributed by atoms with Crippen molar-refractivity contribution >= 4 is 14.8 Å². The molecule has 1 radical (unpaired) electrons. The number of carbonyl (C=O) groups is 1. The van der Waals surface area contributed by atoms with Crippen molar-refractivity contribution in [3.8, 4) is 0 Å². The van der Waals surface area contributed by atoms with Crippen molar-refractivity contribution in [3.05, 3.63) is 12.2 Å². The highest BCUT2D eigenvalue weighted by molar-refractivity contribution is 6.57. The molecule has 0 rings (SSSR count). The monoisotopic (exact) mass is 301 g/mol. The van der Waals surface area contributed by atoms with Crippen LogP contribution in [-0.2, 0) is 19.0 Å². The summed E-state index contributed by atoms with van der Waals surface area (Å²) in [4.78, 5) is 11.4. The number of ether oxygens (including phenoxy) is 3. The van der Waals surface area contributed by atoms with Crippen molar-refractivity contribution in [3.63, 3.8) is 0 Å². The van der Waals surface area contributed by atoms with Gasteiger partial charge in [-0.2, -0.15) is 0 Å². The van der Waals surface area contributed by atoms with Crippen molar-refractivity contribution in [2.24, 2.45) is 0 Å². The third kappa shape index (κ3) is 8.50. The molecule has 0 saturated carbocycles. The van der Waals surface area contributed by atoms with E-state index in [9.17, 15) is 4.79 Å². The first-order valence-electron chi connectivity index (χ1n) is 7.28. The molecule has 0 aliphatic carbocycles. The highest BCUT2D eigenvalue weighted by atomic mass is 28.3. The maximum absolute atomic E-state index is 11.4. The van der Waals surface area contributed by atoms with E-state index in [-0.39, 0.29) is 12.3 Å². The van der Waals surface area contributed by atoms with Crippen molar-refractivity contribution < 1.29 is 19.0 Å². The van der Waals surface area contributed by atoms with Crippen LogP contribution in [0.5, 0.6) is 0 Å². The Kier molecular flexibility index (Phi) is 10.7. The lowest BCUT2D eigenvalue weighted by Crippen LogP contribution is -2.25. The molecule has 4 nitrogen and oxygen atoms in total. The van der Waals surface area contributed by atoms with Crippen LogP contribution in [-0.4, -0.2) is 40.9 Å². The number of hydrogen-bond donors (Lipinski definition) is 0. The summed E-state index contributed by atoms with van der Waals surface area (Å²) < 4.78 is 16.4. The lowest BCUT2D eigenvalue weighted by Gasteiger charge is -2.25. The standard InChI is InChI=1S/C15H29O4Si/c1-7-17-14(18-8-2)11-13(20(5)6)9-10-19-15(16)12(3)4/h13-14H,3,7-11H2,1-2,4-6H3. The Hall–Kier alpha value is -0.653. The van der Waals surface area contributed by atoms with Crippen molar-refractivity contribution in [2.45, 2.75) is 58.5 Å². The van der Waals surface area contributed by atoms with Gasteiger partial charge in [-0.15, -0.1) is 0 Å². The quantitative estimate of drug-likeness (QED) is 0.254. The number of hydrogen-bond acceptors (Lipinski definition) is 4. The first-order valence-corrected chi connectivity index (χ1v) is 9.85. The second-order valence-electron chi connectivity index (χ2n) is 5.06. The molecule has 0 aromatic rings. The van der Waals surface area contributed by atoms with Gasteiger partial charge in [-0.25, -0.2) is 4.79 Å². The van der Waals surface area contributed by atoms with E-state index in [1.165, 1.54) is 0 Å². The van der Waals surface area contributed by atoms with Gasteiger partial charge >= 0.3 is 5.97 Å². The maximum atomic E-state index is 11.4. The maximum Gasteiger partial charge on any atom is 0.333 e. The van der Waals surface area contributed by atoms with Crippen LogP contribution in [0, 0.1) is 0 Å². The first kappa shape index (κ1) is 19.3. The van der Waals surface area contributed by atoms with E-state index in [1.54, 1.807) is 6.92 Å². The zero-order valence-electron chi connectivity index (χ0n) is 13.5. The lowest BCUT2D eigenvalue weighted by molar-refractivity contribution is -0.142. The smallest absolute Gasteiger partial charge is 0.333 e. The van der Waals surface area contributed by atoms with E-state index >= 15 is 0 Å². The topological polar surface area (TPSA) is 44.8 Å². The minimum Gasteiger partial charge on any atom is -0.462 e. The molecule has 0 spiro atoms. The summed E-state index contributed by atoms with van der Waals surface area (Å²) >= 11 is 0. The molecule has 117 valence electrons. The molecule has 0 heterocycles. The van der Waals surface area contributed by atoms with Gasteiger partial charge in [0, 0.05) is 27.6 Å². The van der Waals surface area contributed by atoms with Crippen molar-refractivity contribution in [2.75, 3.05) is 19.8 Å². The van der Waals surface area contributed by atoms with E-state index < -0.39 is 8.80 Å². The molecule has 0 aliphatic rings. The predicted molar refractivity (Wildman–Crippen MR) is 83.3 cm³/mol. The molecule has 0 N–H and O–H groups in total. The summed E-state index contributed by atoms with van der Waals surface area (Å²) in [6.07, 6.45) is 1.58. The van der Waals surface area contributed by atoms with Crippen LogP contribution in [0.4, 0.5) is 0 Å². The van der Waals surface area contributed by atoms with E-state index in [4.69, 9.17) is 14.2 Å². The zero-order valence-corrected chi connectivity index (χ0v) is 14.5. The minimum atomic E-state index is -0.495. The molecule has 0 aliphatic heterocycles.